The van der Waals surface area contributed by atoms with Gasteiger partial charge in [0.25, 0.3) is 5.56 Å². The molecule has 0 aromatic carbocycles. The minimum Gasteiger partial charge on any atom is -0.393 e. The summed E-state index contributed by atoms with van der Waals surface area (Å²) >= 11 is 1.66. The first-order valence-electron chi connectivity index (χ1n) is 5.47. The van der Waals surface area contributed by atoms with Gasteiger partial charge in [0.05, 0.1) is 16.3 Å². The van der Waals surface area contributed by atoms with Gasteiger partial charge in [-0.15, -0.1) is 0 Å². The Morgan fingerprint density at radius 3 is 2.79 bits per heavy atom. The van der Waals surface area contributed by atoms with Crippen molar-refractivity contribution < 1.29 is 19.7 Å². The topological polar surface area (TPSA) is 116 Å². The summed E-state index contributed by atoms with van der Waals surface area (Å²) < 4.78 is 14.9. The average molecular weight is 386 g/mol. The molecular formula is C10H12FIN2O5. The van der Waals surface area contributed by atoms with E-state index in [2.05, 4.69) is 0 Å². The lowest BCUT2D eigenvalue weighted by atomic mass is 9.96. The van der Waals surface area contributed by atoms with E-state index in [1.807, 2.05) is 4.98 Å². The maximum atomic E-state index is 13.9. The standard InChI is InChI=1S/C10H12FIN2O5/c11-4-1-6(16)10(19,3-15)7(4)14-2-5(12)8(17)13-9(14)18/h2,4,6-7,15-16,19H,1,3H2,(H,13,17,18). The highest BCUT2D eigenvalue weighted by atomic mass is 127. The second kappa shape index (κ2) is 4.96. The van der Waals surface area contributed by atoms with E-state index >= 15 is 0 Å². The van der Waals surface area contributed by atoms with Crippen molar-refractivity contribution in [2.75, 3.05) is 6.61 Å². The van der Waals surface area contributed by atoms with Gasteiger partial charge in [0.1, 0.15) is 17.8 Å². The van der Waals surface area contributed by atoms with Crippen LogP contribution in [0.4, 0.5) is 4.39 Å². The zero-order valence-electron chi connectivity index (χ0n) is 9.58. The molecular weight excluding hydrogens is 374 g/mol. The van der Waals surface area contributed by atoms with Crippen LogP contribution in [0, 0.1) is 3.57 Å². The van der Waals surface area contributed by atoms with Gasteiger partial charge in [-0.05, 0) is 22.6 Å². The Labute approximate surface area is 119 Å². The molecule has 0 amide bonds. The number of nitrogens with zero attached hydrogens (tertiary/aromatic N) is 1. The molecule has 0 saturated heterocycles. The average Bonchev–Trinajstić information content (AvgIpc) is 2.56. The van der Waals surface area contributed by atoms with E-state index in [4.69, 9.17) is 0 Å². The van der Waals surface area contributed by atoms with Crippen LogP contribution in [0.1, 0.15) is 12.5 Å². The molecule has 0 spiro atoms. The Hall–Kier alpha value is -0.780. The van der Waals surface area contributed by atoms with Crippen LogP contribution >= 0.6 is 22.6 Å². The third kappa shape index (κ3) is 2.24. The van der Waals surface area contributed by atoms with E-state index in [9.17, 15) is 29.3 Å². The van der Waals surface area contributed by atoms with Gasteiger partial charge in [0.2, 0.25) is 0 Å². The fourth-order valence-corrected chi connectivity index (χ4v) is 2.77. The van der Waals surface area contributed by atoms with Gasteiger partial charge in [-0.25, -0.2) is 9.18 Å². The van der Waals surface area contributed by atoms with Crippen molar-refractivity contribution in [1.29, 1.82) is 0 Å². The summed E-state index contributed by atoms with van der Waals surface area (Å²) in [6.45, 7) is -0.901. The lowest BCUT2D eigenvalue weighted by Crippen LogP contribution is -2.51. The molecule has 4 atom stereocenters. The molecule has 106 valence electrons. The highest BCUT2D eigenvalue weighted by molar-refractivity contribution is 14.1. The number of aliphatic hydroxyl groups excluding tert-OH is 2. The van der Waals surface area contributed by atoms with Crippen LogP contribution in [-0.4, -0.2) is 49.4 Å². The van der Waals surface area contributed by atoms with Gasteiger partial charge in [0.15, 0.2) is 0 Å². The number of aliphatic hydroxyl groups is 3. The van der Waals surface area contributed by atoms with Crippen LogP contribution in [0.5, 0.6) is 0 Å². The minimum atomic E-state index is -2.16. The highest BCUT2D eigenvalue weighted by Crippen LogP contribution is 2.40. The summed E-state index contributed by atoms with van der Waals surface area (Å²) in [5, 5.41) is 29.0. The molecule has 0 bridgehead atoms. The Morgan fingerprint density at radius 2 is 2.21 bits per heavy atom. The molecule has 0 aliphatic heterocycles. The number of H-pyrrole nitrogens is 1. The molecule has 1 saturated carbocycles. The van der Waals surface area contributed by atoms with Gasteiger partial charge < -0.3 is 15.3 Å². The molecule has 4 N–H and O–H groups in total. The van der Waals surface area contributed by atoms with Crippen molar-refractivity contribution in [3.63, 3.8) is 0 Å². The molecule has 0 radical (unpaired) electrons. The van der Waals surface area contributed by atoms with E-state index in [1.54, 1.807) is 22.6 Å². The minimum absolute atomic E-state index is 0.131. The van der Waals surface area contributed by atoms with Gasteiger partial charge in [-0.2, -0.15) is 0 Å². The molecule has 9 heteroatoms. The smallest absolute Gasteiger partial charge is 0.328 e. The maximum Gasteiger partial charge on any atom is 0.328 e. The lowest BCUT2D eigenvalue weighted by molar-refractivity contribution is -0.110. The monoisotopic (exact) mass is 386 g/mol. The molecule has 7 nitrogen and oxygen atoms in total. The summed E-state index contributed by atoms with van der Waals surface area (Å²) in [4.78, 5) is 24.9. The van der Waals surface area contributed by atoms with Crippen LogP contribution in [-0.2, 0) is 0 Å². The summed E-state index contributed by atoms with van der Waals surface area (Å²) in [6, 6.07) is -1.45. The molecule has 1 aromatic rings. The Balaban J connectivity index is 2.60. The first-order chi connectivity index (χ1) is 8.81. The number of nitrogens with one attached hydrogen (secondary N) is 1. The molecule has 2 rings (SSSR count). The molecule has 19 heavy (non-hydrogen) atoms. The van der Waals surface area contributed by atoms with Crippen molar-refractivity contribution in [2.24, 2.45) is 0 Å². The quantitative estimate of drug-likeness (QED) is 0.463. The summed E-state index contributed by atoms with van der Waals surface area (Å²) in [5.74, 6) is 0. The largest absolute Gasteiger partial charge is 0.393 e. The number of aromatic amines is 1. The first-order valence-corrected chi connectivity index (χ1v) is 6.55. The van der Waals surface area contributed by atoms with Crippen LogP contribution in [0.15, 0.2) is 15.8 Å². The Morgan fingerprint density at radius 1 is 1.58 bits per heavy atom. The van der Waals surface area contributed by atoms with Gasteiger partial charge >= 0.3 is 5.69 Å². The molecule has 1 aliphatic carbocycles. The van der Waals surface area contributed by atoms with Crippen molar-refractivity contribution in [2.45, 2.75) is 30.3 Å². The fraction of sp³-hybridized carbons (Fsp3) is 0.600. The molecule has 1 aliphatic rings. The summed E-state index contributed by atoms with van der Waals surface area (Å²) in [6.07, 6.45) is -2.51. The maximum absolute atomic E-state index is 13.9. The zero-order chi connectivity index (χ0) is 14.4. The summed E-state index contributed by atoms with van der Waals surface area (Å²) in [5.41, 5.74) is -3.69. The van der Waals surface area contributed by atoms with Gasteiger partial charge in [-0.1, -0.05) is 0 Å². The van der Waals surface area contributed by atoms with Gasteiger partial charge in [-0.3, -0.25) is 14.3 Å². The highest BCUT2D eigenvalue weighted by Gasteiger charge is 2.55. The van der Waals surface area contributed by atoms with E-state index in [0.29, 0.717) is 0 Å². The van der Waals surface area contributed by atoms with Crippen molar-refractivity contribution in [3.05, 3.63) is 30.6 Å². The van der Waals surface area contributed by atoms with Gasteiger partial charge in [0, 0.05) is 12.6 Å². The Kier molecular flexibility index (Phi) is 3.82. The Bertz CT molecular complexity index is 602. The lowest BCUT2D eigenvalue weighted by Gasteiger charge is -2.31. The van der Waals surface area contributed by atoms with E-state index in [0.717, 1.165) is 10.8 Å². The number of alkyl halides is 1. The first kappa shape index (κ1) is 14.6. The number of hydrogen-bond acceptors (Lipinski definition) is 5. The molecule has 4 unspecified atom stereocenters. The third-order valence-corrected chi connectivity index (χ3v) is 4.13. The SMILES string of the molecule is O=c1[nH]c(=O)n(C2C(F)CC(O)C2(O)CO)cc1I. The fourth-order valence-electron chi connectivity index (χ4n) is 2.34. The predicted molar refractivity (Wildman–Crippen MR) is 70.6 cm³/mol. The number of hydrogen-bond donors (Lipinski definition) is 4. The van der Waals surface area contributed by atoms with Crippen LogP contribution in [0.2, 0.25) is 0 Å². The van der Waals surface area contributed by atoms with E-state index in [-0.39, 0.29) is 3.57 Å². The predicted octanol–water partition coefficient (Wildman–Crippen LogP) is -1.49. The van der Waals surface area contributed by atoms with Crippen molar-refractivity contribution in [3.8, 4) is 0 Å². The number of aromatic nitrogens is 2. The van der Waals surface area contributed by atoms with E-state index < -0.39 is 48.2 Å². The van der Waals surface area contributed by atoms with Crippen molar-refractivity contribution >= 4 is 22.6 Å². The molecule has 1 fully saturated rings. The third-order valence-electron chi connectivity index (χ3n) is 3.36. The molecule has 1 heterocycles. The molecule has 1 aromatic heterocycles. The second-order valence-corrected chi connectivity index (χ2v) is 5.67. The van der Waals surface area contributed by atoms with E-state index in [1.165, 1.54) is 0 Å². The normalized spacial score (nSPS) is 34.7. The van der Waals surface area contributed by atoms with Crippen LogP contribution in [0.25, 0.3) is 0 Å². The zero-order valence-corrected chi connectivity index (χ0v) is 11.7. The number of rotatable bonds is 2. The van der Waals surface area contributed by atoms with Crippen molar-refractivity contribution in [1.82, 2.24) is 9.55 Å². The second-order valence-electron chi connectivity index (χ2n) is 4.51. The number of halogens is 2. The van der Waals surface area contributed by atoms with Crippen LogP contribution < -0.4 is 11.2 Å². The van der Waals surface area contributed by atoms with Crippen LogP contribution in [0.3, 0.4) is 0 Å². The summed E-state index contributed by atoms with van der Waals surface area (Å²) in [7, 11) is 0.